The molecule has 204 valence electrons. The van der Waals surface area contributed by atoms with Gasteiger partial charge in [0.2, 0.25) is 10.0 Å². The Morgan fingerprint density at radius 3 is 2.42 bits per heavy atom. The smallest absolute Gasteiger partial charge is 0.383 e. The molecule has 0 fully saturated rings. The van der Waals surface area contributed by atoms with Gasteiger partial charge in [0.1, 0.15) is 17.5 Å². The minimum Gasteiger partial charge on any atom is -0.383 e. The summed E-state index contributed by atoms with van der Waals surface area (Å²) in [7, 11) is -4.13. The number of halogens is 4. The average molecular weight is 571 g/mol. The van der Waals surface area contributed by atoms with E-state index in [2.05, 4.69) is 15.4 Å². The van der Waals surface area contributed by atoms with Gasteiger partial charge in [-0.05, 0) is 47.3 Å². The molecule has 0 aliphatic heterocycles. The van der Waals surface area contributed by atoms with Crippen LogP contribution in [0.15, 0.2) is 83.9 Å². The van der Waals surface area contributed by atoms with Crippen LogP contribution in [0.4, 0.5) is 29.2 Å². The largest absolute Gasteiger partial charge is 0.435 e. The van der Waals surface area contributed by atoms with Crippen LogP contribution in [0.1, 0.15) is 16.1 Å². The number of hydrogen-bond acceptors (Lipinski definition) is 6. The Labute approximate surface area is 224 Å². The predicted molar refractivity (Wildman–Crippen MR) is 139 cm³/mol. The van der Waals surface area contributed by atoms with E-state index < -0.39 is 39.2 Å². The molecule has 3 aromatic carbocycles. The van der Waals surface area contributed by atoms with Crippen molar-refractivity contribution in [2.45, 2.75) is 11.1 Å². The Balaban J connectivity index is 1.53. The van der Waals surface area contributed by atoms with Crippen molar-refractivity contribution >= 4 is 38.3 Å². The van der Waals surface area contributed by atoms with Crippen molar-refractivity contribution < 1.29 is 30.8 Å². The van der Waals surface area contributed by atoms with Crippen LogP contribution in [0.2, 0.25) is 0 Å². The first-order valence-corrected chi connectivity index (χ1v) is 12.9. The molecule has 0 radical (unpaired) electrons. The Bertz CT molecular complexity index is 1900. The normalized spacial score (nSPS) is 12.0. The quantitative estimate of drug-likeness (QED) is 0.261. The number of fused-ring (bicyclic) bond motifs is 1. The first-order chi connectivity index (χ1) is 18.8. The highest BCUT2D eigenvalue weighted by Gasteiger charge is 2.35. The second-order valence-electron chi connectivity index (χ2n) is 8.62. The molecule has 0 bridgehead atoms. The number of nitrogens with two attached hydrogens (primary N) is 2. The van der Waals surface area contributed by atoms with Gasteiger partial charge < -0.3 is 11.1 Å². The first kappa shape index (κ1) is 26.8. The standard InChI is InChI=1S/C26H18F4N6O3S/c27-20-11-15(17-3-1-2-4-21(17)40(32,38)39)6-8-18(20)25(37)34-23-13-22(26(28,29)30)35-36(23)16-7-5-14-9-10-33-24(31)19(14)12-16/h1-13H,(H2,31,33)(H,34,37)(H2,32,38,39). The molecule has 2 heterocycles. The van der Waals surface area contributed by atoms with Crippen molar-refractivity contribution in [2.24, 2.45) is 5.14 Å². The maximum atomic E-state index is 15.1. The van der Waals surface area contributed by atoms with Crippen molar-refractivity contribution in [2.75, 3.05) is 11.1 Å². The summed E-state index contributed by atoms with van der Waals surface area (Å²) >= 11 is 0. The van der Waals surface area contributed by atoms with Crippen molar-refractivity contribution in [3.05, 3.63) is 96.1 Å². The SMILES string of the molecule is Nc1nccc2ccc(-n3nc(C(F)(F)F)cc3NC(=O)c3ccc(-c4ccccc4S(N)(=O)=O)cc3F)cc12. The highest BCUT2D eigenvalue weighted by atomic mass is 32.2. The number of rotatable bonds is 5. The fourth-order valence-electron chi connectivity index (χ4n) is 4.12. The summed E-state index contributed by atoms with van der Waals surface area (Å²) in [4.78, 5) is 16.7. The van der Waals surface area contributed by atoms with Crippen molar-refractivity contribution in [3.8, 4) is 16.8 Å². The molecule has 0 aliphatic carbocycles. The number of carbonyl (C=O) groups excluding carboxylic acids is 1. The lowest BCUT2D eigenvalue weighted by molar-refractivity contribution is -0.141. The molecule has 9 nitrogen and oxygen atoms in total. The Kier molecular flexibility index (Phi) is 6.51. The number of anilines is 2. The summed E-state index contributed by atoms with van der Waals surface area (Å²) < 4.78 is 80.4. The molecule has 0 saturated carbocycles. The van der Waals surface area contributed by atoms with Crippen molar-refractivity contribution in [3.63, 3.8) is 0 Å². The zero-order chi connectivity index (χ0) is 28.8. The number of hydrogen-bond donors (Lipinski definition) is 3. The fraction of sp³-hybridized carbons (Fsp3) is 0.0385. The minimum atomic E-state index is -4.84. The van der Waals surface area contributed by atoms with Gasteiger partial charge in [-0.1, -0.05) is 30.3 Å². The molecule has 5 N–H and O–H groups in total. The third-order valence-electron chi connectivity index (χ3n) is 5.98. The monoisotopic (exact) mass is 570 g/mol. The zero-order valence-corrected chi connectivity index (χ0v) is 21.0. The molecule has 0 atom stereocenters. The lowest BCUT2D eigenvalue weighted by atomic mass is 10.0. The number of sulfonamides is 1. The number of alkyl halides is 3. The number of amides is 1. The molecule has 2 aromatic heterocycles. The van der Waals surface area contributed by atoms with Gasteiger partial charge in [-0.2, -0.15) is 18.3 Å². The predicted octanol–water partition coefficient (Wildman–Crippen LogP) is 4.73. The summed E-state index contributed by atoms with van der Waals surface area (Å²) in [5.74, 6) is -2.37. The molecular weight excluding hydrogens is 552 g/mol. The summed E-state index contributed by atoms with van der Waals surface area (Å²) in [6.07, 6.45) is -3.36. The minimum absolute atomic E-state index is 0.105. The van der Waals surface area contributed by atoms with Gasteiger partial charge in [0.25, 0.3) is 5.91 Å². The molecule has 5 rings (SSSR count). The number of benzene rings is 3. The molecule has 0 unspecified atom stereocenters. The first-order valence-electron chi connectivity index (χ1n) is 11.4. The number of primary sulfonamides is 1. The molecule has 40 heavy (non-hydrogen) atoms. The lowest BCUT2D eigenvalue weighted by Gasteiger charge is -2.12. The van der Waals surface area contributed by atoms with E-state index in [9.17, 15) is 26.4 Å². The molecule has 0 spiro atoms. The second-order valence-corrected chi connectivity index (χ2v) is 10.1. The van der Waals surface area contributed by atoms with Crippen molar-refractivity contribution in [1.29, 1.82) is 0 Å². The van der Waals surface area contributed by atoms with E-state index in [0.29, 0.717) is 16.8 Å². The van der Waals surface area contributed by atoms with Crippen LogP contribution in [-0.4, -0.2) is 29.1 Å². The maximum absolute atomic E-state index is 15.1. The van der Waals surface area contributed by atoms with E-state index >= 15 is 4.39 Å². The van der Waals surface area contributed by atoms with E-state index in [1.54, 1.807) is 12.1 Å². The Hall–Kier alpha value is -4.82. The van der Waals surface area contributed by atoms with Crippen LogP contribution >= 0.6 is 0 Å². The molecular formula is C26H18F4N6O3S. The topological polar surface area (TPSA) is 146 Å². The van der Waals surface area contributed by atoms with Gasteiger partial charge in [-0.15, -0.1) is 0 Å². The summed E-state index contributed by atoms with van der Waals surface area (Å²) in [5, 5.41) is 12.2. The number of aromatic nitrogens is 3. The third kappa shape index (κ3) is 5.09. The number of carbonyl (C=O) groups is 1. The van der Waals surface area contributed by atoms with E-state index in [1.165, 1.54) is 48.7 Å². The summed E-state index contributed by atoms with van der Waals surface area (Å²) in [6.45, 7) is 0. The van der Waals surface area contributed by atoms with Gasteiger partial charge in [-0.25, -0.2) is 27.6 Å². The summed E-state index contributed by atoms with van der Waals surface area (Å²) in [5.41, 5.74) is 4.46. The zero-order valence-electron chi connectivity index (χ0n) is 20.1. The number of nitrogens with one attached hydrogen (secondary N) is 1. The highest BCUT2D eigenvalue weighted by Crippen LogP contribution is 2.33. The van der Waals surface area contributed by atoms with E-state index in [4.69, 9.17) is 10.9 Å². The second kappa shape index (κ2) is 9.73. The molecule has 0 aliphatic rings. The molecule has 5 aromatic rings. The van der Waals surface area contributed by atoms with E-state index in [1.807, 2.05) is 0 Å². The molecule has 1 amide bonds. The Morgan fingerprint density at radius 1 is 0.975 bits per heavy atom. The molecule has 14 heteroatoms. The van der Waals surface area contributed by atoms with Crippen LogP contribution in [0.5, 0.6) is 0 Å². The van der Waals surface area contributed by atoms with Crippen LogP contribution in [0.25, 0.3) is 27.6 Å². The fourth-order valence-corrected chi connectivity index (χ4v) is 4.88. The highest BCUT2D eigenvalue weighted by molar-refractivity contribution is 7.89. The lowest BCUT2D eigenvalue weighted by Crippen LogP contribution is -2.17. The van der Waals surface area contributed by atoms with Gasteiger partial charge in [0, 0.05) is 23.2 Å². The van der Waals surface area contributed by atoms with Crippen molar-refractivity contribution in [1.82, 2.24) is 14.8 Å². The van der Waals surface area contributed by atoms with Gasteiger partial charge in [0.05, 0.1) is 16.1 Å². The molecule has 0 saturated heterocycles. The van der Waals surface area contributed by atoms with Crippen LogP contribution in [0.3, 0.4) is 0 Å². The third-order valence-corrected chi connectivity index (χ3v) is 6.95. The summed E-state index contributed by atoms with van der Waals surface area (Å²) in [6, 6.07) is 15.7. The number of nitrogens with zero attached hydrogens (tertiary/aromatic N) is 3. The van der Waals surface area contributed by atoms with Gasteiger partial charge in [0.15, 0.2) is 5.69 Å². The maximum Gasteiger partial charge on any atom is 0.435 e. The number of pyridine rings is 1. The van der Waals surface area contributed by atoms with Crippen LogP contribution < -0.4 is 16.2 Å². The van der Waals surface area contributed by atoms with Crippen LogP contribution in [-0.2, 0) is 16.2 Å². The van der Waals surface area contributed by atoms with E-state index in [0.717, 1.165) is 16.8 Å². The Morgan fingerprint density at radius 2 is 1.73 bits per heavy atom. The van der Waals surface area contributed by atoms with Gasteiger partial charge >= 0.3 is 6.18 Å². The van der Waals surface area contributed by atoms with E-state index in [-0.39, 0.29) is 33.3 Å². The van der Waals surface area contributed by atoms with Gasteiger partial charge in [-0.3, -0.25) is 4.79 Å². The average Bonchev–Trinajstić information content (AvgIpc) is 3.32. The van der Waals surface area contributed by atoms with Crippen LogP contribution in [0, 0.1) is 5.82 Å². The number of nitrogen functional groups attached to an aromatic ring is 1.